The highest BCUT2D eigenvalue weighted by Crippen LogP contribution is 2.21. The molecule has 0 radical (unpaired) electrons. The maximum atomic E-state index is 10.2. The van der Waals surface area contributed by atoms with E-state index in [0.29, 0.717) is 0 Å². The molecule has 1 saturated carbocycles. The average Bonchev–Trinajstić information content (AvgIpc) is 1.83. The van der Waals surface area contributed by atoms with E-state index < -0.39 is 12.0 Å². The third-order valence-corrected chi connectivity index (χ3v) is 1.88. The largest absolute Gasteiger partial charge is 0.480 e. The summed E-state index contributed by atoms with van der Waals surface area (Å²) in [4.78, 5) is 10.2. The molecule has 4 nitrogen and oxygen atoms in total. The Morgan fingerprint density at radius 3 is 2.73 bits per heavy atom. The second kappa shape index (κ2) is 3.69. The quantitative estimate of drug-likeness (QED) is 0.604. The van der Waals surface area contributed by atoms with Gasteiger partial charge in [0.1, 0.15) is 6.04 Å². The molecule has 1 rings (SSSR count). The van der Waals surface area contributed by atoms with E-state index in [1.165, 1.54) is 6.42 Å². The summed E-state index contributed by atoms with van der Waals surface area (Å²) in [6, 6.07) is -0.865. The number of rotatable bonds is 4. The topological polar surface area (TPSA) is 72.5 Å². The maximum Gasteiger partial charge on any atom is 0.322 e. The van der Waals surface area contributed by atoms with Gasteiger partial charge in [0.15, 0.2) is 0 Å². The molecular formula is C7H13NO3. The van der Waals surface area contributed by atoms with Gasteiger partial charge in [-0.15, -0.1) is 0 Å². The highest BCUT2D eigenvalue weighted by Gasteiger charge is 2.20. The molecule has 0 aromatic rings. The van der Waals surface area contributed by atoms with Gasteiger partial charge in [0.05, 0.1) is 12.7 Å². The van der Waals surface area contributed by atoms with Gasteiger partial charge in [-0.2, -0.15) is 0 Å². The van der Waals surface area contributed by atoms with E-state index in [1.54, 1.807) is 0 Å². The van der Waals surface area contributed by atoms with Crippen LogP contribution in [0, 0.1) is 0 Å². The van der Waals surface area contributed by atoms with Crippen molar-refractivity contribution in [1.29, 1.82) is 0 Å². The molecule has 0 saturated heterocycles. The predicted octanol–water partition coefficient (Wildman–Crippen LogP) is -0.0326. The summed E-state index contributed by atoms with van der Waals surface area (Å²) in [5.41, 5.74) is 5.22. The van der Waals surface area contributed by atoms with Crippen LogP contribution in [0.1, 0.15) is 19.3 Å². The number of ether oxygens (including phenoxy) is 1. The number of carbonyl (C=O) groups is 1. The molecule has 0 aliphatic heterocycles. The summed E-state index contributed by atoms with van der Waals surface area (Å²) in [6.07, 6.45) is 3.55. The zero-order valence-electron chi connectivity index (χ0n) is 6.32. The van der Waals surface area contributed by atoms with E-state index >= 15 is 0 Å². The molecule has 0 bridgehead atoms. The fraction of sp³-hybridized carbons (Fsp3) is 0.857. The lowest BCUT2D eigenvalue weighted by molar-refractivity contribution is -0.141. The molecule has 4 heteroatoms. The van der Waals surface area contributed by atoms with Crippen LogP contribution in [0.3, 0.4) is 0 Å². The van der Waals surface area contributed by atoms with Crippen LogP contribution in [0.25, 0.3) is 0 Å². The van der Waals surface area contributed by atoms with Crippen LogP contribution in [0.2, 0.25) is 0 Å². The van der Waals surface area contributed by atoms with E-state index in [-0.39, 0.29) is 12.7 Å². The Morgan fingerprint density at radius 2 is 2.36 bits per heavy atom. The molecule has 0 aromatic carbocycles. The first-order valence-electron chi connectivity index (χ1n) is 3.80. The Bertz CT molecular complexity index is 145. The lowest BCUT2D eigenvalue weighted by Crippen LogP contribution is -2.37. The van der Waals surface area contributed by atoms with Crippen molar-refractivity contribution in [3.63, 3.8) is 0 Å². The first-order valence-corrected chi connectivity index (χ1v) is 3.80. The molecule has 0 spiro atoms. The van der Waals surface area contributed by atoms with Crippen molar-refractivity contribution in [2.24, 2.45) is 5.73 Å². The molecule has 1 atom stereocenters. The van der Waals surface area contributed by atoms with Crippen molar-refractivity contribution in [3.05, 3.63) is 0 Å². The molecule has 11 heavy (non-hydrogen) atoms. The summed E-state index contributed by atoms with van der Waals surface area (Å²) < 4.78 is 5.20. The Balaban J connectivity index is 2.05. The fourth-order valence-electron chi connectivity index (χ4n) is 0.848. The molecule has 0 heterocycles. The third-order valence-electron chi connectivity index (χ3n) is 1.88. The van der Waals surface area contributed by atoms with Crippen molar-refractivity contribution >= 4 is 5.97 Å². The minimum absolute atomic E-state index is 0.139. The molecule has 1 aliphatic rings. The standard InChI is InChI=1S/C7H13NO3/c8-6(7(9)10)4-11-5-2-1-3-5/h5-6H,1-4,8H2,(H,9,10). The number of hydrogen-bond acceptors (Lipinski definition) is 3. The number of carboxylic acids is 1. The van der Waals surface area contributed by atoms with E-state index in [1.807, 2.05) is 0 Å². The fourth-order valence-corrected chi connectivity index (χ4v) is 0.848. The molecule has 0 amide bonds. The zero-order chi connectivity index (χ0) is 8.27. The zero-order valence-corrected chi connectivity index (χ0v) is 6.32. The minimum atomic E-state index is -0.996. The van der Waals surface area contributed by atoms with Gasteiger partial charge in [0.25, 0.3) is 0 Å². The van der Waals surface area contributed by atoms with Crippen LogP contribution in [-0.4, -0.2) is 29.8 Å². The summed E-state index contributed by atoms with van der Waals surface area (Å²) in [7, 11) is 0. The molecule has 3 N–H and O–H groups in total. The van der Waals surface area contributed by atoms with Gasteiger partial charge >= 0.3 is 5.97 Å². The number of hydrogen-bond donors (Lipinski definition) is 2. The SMILES string of the molecule is NC(COC1CCC1)C(=O)O. The van der Waals surface area contributed by atoms with Gasteiger partial charge in [0, 0.05) is 0 Å². The van der Waals surface area contributed by atoms with Gasteiger partial charge in [-0.1, -0.05) is 0 Å². The van der Waals surface area contributed by atoms with Crippen molar-refractivity contribution in [3.8, 4) is 0 Å². The summed E-state index contributed by atoms with van der Waals surface area (Å²) >= 11 is 0. The lowest BCUT2D eigenvalue weighted by Gasteiger charge is -2.26. The van der Waals surface area contributed by atoms with Crippen molar-refractivity contribution in [1.82, 2.24) is 0 Å². The van der Waals surface area contributed by atoms with Crippen LogP contribution in [0.5, 0.6) is 0 Å². The molecule has 1 unspecified atom stereocenters. The smallest absolute Gasteiger partial charge is 0.322 e. The molecule has 64 valence electrons. The van der Waals surface area contributed by atoms with Gasteiger partial charge < -0.3 is 15.6 Å². The van der Waals surface area contributed by atoms with Crippen molar-refractivity contribution in [2.75, 3.05) is 6.61 Å². The van der Waals surface area contributed by atoms with Gasteiger partial charge in [-0.05, 0) is 19.3 Å². The van der Waals surface area contributed by atoms with E-state index in [4.69, 9.17) is 15.6 Å². The number of carboxylic acid groups (broad SMARTS) is 1. The van der Waals surface area contributed by atoms with Gasteiger partial charge in [-0.25, -0.2) is 0 Å². The second-order valence-corrected chi connectivity index (χ2v) is 2.83. The van der Waals surface area contributed by atoms with Crippen molar-refractivity contribution < 1.29 is 14.6 Å². The molecule has 1 fully saturated rings. The Labute approximate surface area is 65.3 Å². The molecule has 0 aromatic heterocycles. The number of nitrogens with two attached hydrogens (primary N) is 1. The molecular weight excluding hydrogens is 146 g/mol. The van der Waals surface area contributed by atoms with Gasteiger partial charge in [-0.3, -0.25) is 4.79 Å². The highest BCUT2D eigenvalue weighted by molar-refractivity contribution is 5.73. The first kappa shape index (κ1) is 8.49. The Hall–Kier alpha value is -0.610. The average molecular weight is 159 g/mol. The summed E-state index contributed by atoms with van der Waals surface area (Å²) in [5.74, 6) is -0.996. The van der Waals surface area contributed by atoms with Crippen LogP contribution >= 0.6 is 0 Å². The highest BCUT2D eigenvalue weighted by atomic mass is 16.5. The van der Waals surface area contributed by atoms with E-state index in [9.17, 15) is 4.79 Å². The van der Waals surface area contributed by atoms with Crippen LogP contribution in [0.15, 0.2) is 0 Å². The normalized spacial score (nSPS) is 20.8. The van der Waals surface area contributed by atoms with Crippen LogP contribution in [0.4, 0.5) is 0 Å². The Morgan fingerprint density at radius 1 is 1.73 bits per heavy atom. The minimum Gasteiger partial charge on any atom is -0.480 e. The first-order chi connectivity index (χ1) is 5.20. The summed E-state index contributed by atoms with van der Waals surface area (Å²) in [5, 5.41) is 8.38. The summed E-state index contributed by atoms with van der Waals surface area (Å²) in [6.45, 7) is 0.139. The Kier molecular flexibility index (Phi) is 2.84. The van der Waals surface area contributed by atoms with E-state index in [0.717, 1.165) is 12.8 Å². The predicted molar refractivity (Wildman–Crippen MR) is 39.2 cm³/mol. The third kappa shape index (κ3) is 2.48. The van der Waals surface area contributed by atoms with E-state index in [2.05, 4.69) is 0 Å². The second-order valence-electron chi connectivity index (χ2n) is 2.83. The van der Waals surface area contributed by atoms with Crippen molar-refractivity contribution in [2.45, 2.75) is 31.4 Å². The lowest BCUT2D eigenvalue weighted by atomic mass is 9.96. The molecule has 1 aliphatic carbocycles. The van der Waals surface area contributed by atoms with Crippen LogP contribution in [-0.2, 0) is 9.53 Å². The van der Waals surface area contributed by atoms with Crippen LogP contribution < -0.4 is 5.73 Å². The number of aliphatic carboxylic acids is 1. The monoisotopic (exact) mass is 159 g/mol. The maximum absolute atomic E-state index is 10.2. The van der Waals surface area contributed by atoms with Gasteiger partial charge in [0.2, 0.25) is 0 Å².